The highest BCUT2D eigenvalue weighted by molar-refractivity contribution is 6.14. The second kappa shape index (κ2) is 7.20. The summed E-state index contributed by atoms with van der Waals surface area (Å²) in [5.41, 5.74) is 4.76. The molecule has 3 aromatic carbocycles. The van der Waals surface area contributed by atoms with Crippen LogP contribution in [0.2, 0.25) is 0 Å². The second-order valence-corrected chi connectivity index (χ2v) is 6.73. The van der Waals surface area contributed by atoms with E-state index >= 15 is 0 Å². The molecule has 3 N–H and O–H groups in total. The van der Waals surface area contributed by atoms with Gasteiger partial charge in [0, 0.05) is 17.2 Å². The highest BCUT2D eigenvalue weighted by atomic mass is 16.5. The summed E-state index contributed by atoms with van der Waals surface area (Å²) in [5, 5.41) is 28.8. The number of benzene rings is 3. The lowest BCUT2D eigenvalue weighted by Gasteiger charge is -2.25. The van der Waals surface area contributed by atoms with Gasteiger partial charge in [0.05, 0.1) is 5.57 Å². The fraction of sp³-hybridized carbons (Fsp3) is 0.0417. The van der Waals surface area contributed by atoms with Gasteiger partial charge in [0.25, 0.3) is 0 Å². The van der Waals surface area contributed by atoms with Crippen LogP contribution in [0.25, 0.3) is 16.7 Å². The molecule has 1 heterocycles. The molecule has 0 aliphatic carbocycles. The topological polar surface area (TPSA) is 87.0 Å². The van der Waals surface area contributed by atoms with Crippen LogP contribution in [0.15, 0.2) is 73.3 Å². The lowest BCUT2D eigenvalue weighted by Crippen LogP contribution is -2.12. The van der Waals surface area contributed by atoms with Crippen LogP contribution >= 0.6 is 0 Å². The molecule has 0 saturated heterocycles. The van der Waals surface area contributed by atoms with Crippen LogP contribution in [0.3, 0.4) is 0 Å². The Balaban J connectivity index is 1.96. The lowest BCUT2D eigenvalue weighted by molar-refractivity contribution is -0.130. The van der Waals surface area contributed by atoms with Crippen LogP contribution in [0, 0.1) is 0 Å². The second-order valence-electron chi connectivity index (χ2n) is 6.73. The van der Waals surface area contributed by atoms with Crippen molar-refractivity contribution in [2.24, 2.45) is 0 Å². The van der Waals surface area contributed by atoms with Gasteiger partial charge in [0.1, 0.15) is 23.9 Å². The third-order valence-corrected chi connectivity index (χ3v) is 4.88. The Kier molecular flexibility index (Phi) is 4.56. The van der Waals surface area contributed by atoms with Crippen molar-refractivity contribution in [3.63, 3.8) is 0 Å². The molecule has 5 nitrogen and oxygen atoms in total. The molecule has 29 heavy (non-hydrogen) atoms. The number of phenolic OH excluding ortho intramolecular Hbond substituents is 2. The molecule has 4 rings (SSSR count). The molecule has 3 aromatic rings. The molecule has 0 unspecified atom stereocenters. The minimum atomic E-state index is -1.08. The van der Waals surface area contributed by atoms with Crippen molar-refractivity contribution < 1.29 is 24.9 Å². The monoisotopic (exact) mass is 386 g/mol. The van der Waals surface area contributed by atoms with Gasteiger partial charge in [-0.2, -0.15) is 0 Å². The van der Waals surface area contributed by atoms with E-state index in [1.54, 1.807) is 60.7 Å². The Labute approximate surface area is 167 Å². The van der Waals surface area contributed by atoms with E-state index in [1.165, 1.54) is 0 Å². The highest BCUT2D eigenvalue weighted by Gasteiger charge is 2.24. The number of hydrogen-bond acceptors (Lipinski definition) is 4. The third-order valence-electron chi connectivity index (χ3n) is 4.88. The summed E-state index contributed by atoms with van der Waals surface area (Å²) < 4.78 is 5.88. The van der Waals surface area contributed by atoms with Gasteiger partial charge in [0.15, 0.2) is 0 Å². The fourth-order valence-corrected chi connectivity index (χ4v) is 3.43. The van der Waals surface area contributed by atoms with Crippen LogP contribution in [-0.2, 0) is 4.79 Å². The Hall–Kier alpha value is -3.99. The number of carbonyl (C=O) groups is 1. The van der Waals surface area contributed by atoms with Crippen molar-refractivity contribution in [3.8, 4) is 17.2 Å². The molecule has 0 bridgehead atoms. The molecule has 1 aliphatic heterocycles. The zero-order valence-corrected chi connectivity index (χ0v) is 15.4. The molecule has 0 radical (unpaired) electrons. The van der Waals surface area contributed by atoms with Crippen molar-refractivity contribution >= 4 is 22.7 Å². The van der Waals surface area contributed by atoms with Crippen LogP contribution in [-0.4, -0.2) is 27.9 Å². The predicted octanol–water partition coefficient (Wildman–Crippen LogP) is 4.55. The van der Waals surface area contributed by atoms with E-state index in [0.717, 1.165) is 27.8 Å². The summed E-state index contributed by atoms with van der Waals surface area (Å²) in [4.78, 5) is 11.4. The van der Waals surface area contributed by atoms with Crippen LogP contribution in [0.4, 0.5) is 0 Å². The first-order valence-electron chi connectivity index (χ1n) is 8.96. The van der Waals surface area contributed by atoms with Gasteiger partial charge in [-0.25, -0.2) is 4.79 Å². The van der Waals surface area contributed by atoms with Crippen LogP contribution in [0.1, 0.15) is 22.3 Å². The van der Waals surface area contributed by atoms with E-state index in [0.29, 0.717) is 11.3 Å². The van der Waals surface area contributed by atoms with Gasteiger partial charge in [-0.05, 0) is 52.6 Å². The maximum Gasteiger partial charge on any atom is 0.335 e. The molecule has 1 aliphatic rings. The number of carboxylic acids is 1. The van der Waals surface area contributed by atoms with Crippen molar-refractivity contribution in [2.45, 2.75) is 0 Å². The van der Waals surface area contributed by atoms with Gasteiger partial charge >= 0.3 is 5.97 Å². The van der Waals surface area contributed by atoms with Gasteiger partial charge in [-0.3, -0.25) is 0 Å². The van der Waals surface area contributed by atoms with E-state index in [1.807, 2.05) is 6.07 Å². The molecule has 144 valence electrons. The summed E-state index contributed by atoms with van der Waals surface area (Å²) in [6, 6.07) is 18.9. The summed E-state index contributed by atoms with van der Waals surface area (Å²) in [5.74, 6) is -0.265. The van der Waals surface area contributed by atoms with Crippen molar-refractivity contribution in [1.82, 2.24) is 0 Å². The van der Waals surface area contributed by atoms with Crippen LogP contribution in [0.5, 0.6) is 17.2 Å². The number of rotatable bonds is 4. The van der Waals surface area contributed by atoms with Crippen molar-refractivity contribution in [3.05, 3.63) is 95.6 Å². The minimum Gasteiger partial charge on any atom is -0.508 e. The highest BCUT2D eigenvalue weighted by Crippen LogP contribution is 2.42. The number of ether oxygens (including phenoxy) is 1. The standard InChI is InChI=1S/C24H18O5/c1-14(24(27)28)16-3-2-4-17(11-16)23-20-10-9-19(26)12-22(20)29-13-21(23)15-5-7-18(25)8-6-15/h2-12,25-26H,1,13H2,(H,27,28). The zero-order chi connectivity index (χ0) is 20.5. The van der Waals surface area contributed by atoms with E-state index in [4.69, 9.17) is 4.74 Å². The third kappa shape index (κ3) is 3.46. The van der Waals surface area contributed by atoms with Gasteiger partial charge in [0.2, 0.25) is 0 Å². The number of fused-ring (bicyclic) bond motifs is 1. The quantitative estimate of drug-likeness (QED) is 0.573. The summed E-state index contributed by atoms with van der Waals surface area (Å²) in [7, 11) is 0. The molecule has 0 atom stereocenters. The molecule has 5 heteroatoms. The smallest absolute Gasteiger partial charge is 0.335 e. The molecule has 0 saturated carbocycles. The Morgan fingerprint density at radius 1 is 0.897 bits per heavy atom. The maximum absolute atomic E-state index is 11.4. The van der Waals surface area contributed by atoms with Gasteiger partial charge in [-0.1, -0.05) is 36.9 Å². The number of hydrogen-bond donors (Lipinski definition) is 3. The van der Waals surface area contributed by atoms with E-state index < -0.39 is 5.97 Å². The SMILES string of the molecule is C=C(C(=O)O)c1cccc(C2=C(c3ccc(O)cc3)COc3cc(O)ccc32)c1. The first-order valence-corrected chi connectivity index (χ1v) is 8.96. The molecule has 0 amide bonds. The number of carboxylic acid groups (broad SMARTS) is 1. The largest absolute Gasteiger partial charge is 0.508 e. The minimum absolute atomic E-state index is 0.0108. The molecular formula is C24H18O5. The summed E-state index contributed by atoms with van der Waals surface area (Å²) in [6.45, 7) is 3.92. The molecule has 0 aromatic heterocycles. The zero-order valence-electron chi connectivity index (χ0n) is 15.4. The van der Waals surface area contributed by atoms with Crippen molar-refractivity contribution in [2.75, 3.05) is 6.61 Å². The lowest BCUT2D eigenvalue weighted by atomic mass is 9.86. The Morgan fingerprint density at radius 3 is 2.34 bits per heavy atom. The van der Waals surface area contributed by atoms with Gasteiger partial charge < -0.3 is 20.1 Å². The first-order chi connectivity index (χ1) is 13.9. The van der Waals surface area contributed by atoms with E-state index in [2.05, 4.69) is 6.58 Å². The average molecular weight is 386 g/mol. The van der Waals surface area contributed by atoms with E-state index in [9.17, 15) is 20.1 Å². The van der Waals surface area contributed by atoms with Crippen LogP contribution < -0.4 is 4.74 Å². The number of aromatic hydroxyl groups is 2. The molecular weight excluding hydrogens is 368 g/mol. The van der Waals surface area contributed by atoms with Crippen molar-refractivity contribution in [1.29, 1.82) is 0 Å². The summed E-state index contributed by atoms with van der Waals surface area (Å²) in [6.07, 6.45) is 0. The predicted molar refractivity (Wildman–Crippen MR) is 111 cm³/mol. The molecule has 0 spiro atoms. The fourth-order valence-electron chi connectivity index (χ4n) is 3.43. The molecule has 0 fully saturated rings. The number of aliphatic carboxylic acids is 1. The summed E-state index contributed by atoms with van der Waals surface area (Å²) >= 11 is 0. The average Bonchev–Trinajstić information content (AvgIpc) is 2.73. The number of phenols is 2. The first kappa shape index (κ1) is 18.4. The Bertz CT molecular complexity index is 1160. The Morgan fingerprint density at radius 2 is 1.62 bits per heavy atom. The maximum atomic E-state index is 11.4. The normalized spacial score (nSPS) is 12.8. The van der Waals surface area contributed by atoms with Gasteiger partial charge in [-0.15, -0.1) is 0 Å². The van der Waals surface area contributed by atoms with E-state index in [-0.39, 0.29) is 23.7 Å².